The van der Waals surface area contributed by atoms with Crippen molar-refractivity contribution in [3.63, 3.8) is 0 Å². The highest BCUT2D eigenvalue weighted by Crippen LogP contribution is 2.28. The lowest BCUT2D eigenvalue weighted by atomic mass is 10.1. The number of nitrogens with one attached hydrogen (secondary N) is 2. The normalized spacial score (nSPS) is 12.2. The van der Waals surface area contributed by atoms with Crippen molar-refractivity contribution in [1.82, 2.24) is 4.98 Å². The van der Waals surface area contributed by atoms with Crippen molar-refractivity contribution in [1.29, 1.82) is 0 Å². The topological polar surface area (TPSA) is 37.0 Å². The summed E-state index contributed by atoms with van der Waals surface area (Å²) in [5, 5.41) is 6.56. The molecule has 2 heterocycles. The van der Waals surface area contributed by atoms with E-state index in [2.05, 4.69) is 42.5 Å². The zero-order valence-electron chi connectivity index (χ0n) is 11.2. The average Bonchev–Trinajstić information content (AvgIpc) is 2.69. The molecule has 0 aromatic carbocycles. The first-order chi connectivity index (χ1) is 8.60. The summed E-state index contributed by atoms with van der Waals surface area (Å²) in [4.78, 5) is 6.96. The number of anilines is 2. The van der Waals surface area contributed by atoms with Crippen LogP contribution in [0.2, 0.25) is 0 Å². The summed E-state index contributed by atoms with van der Waals surface area (Å²) >= 11 is 1.85. The van der Waals surface area contributed by atoms with E-state index >= 15 is 0 Å². The summed E-state index contributed by atoms with van der Waals surface area (Å²) in [6, 6.07) is 6.58. The van der Waals surface area contributed by atoms with Crippen LogP contribution in [0.15, 0.2) is 24.4 Å². The summed E-state index contributed by atoms with van der Waals surface area (Å²) < 4.78 is 0. The first-order valence-electron chi connectivity index (χ1n) is 6.07. The summed E-state index contributed by atoms with van der Waals surface area (Å²) in [6.45, 7) is 6.52. The predicted molar refractivity (Wildman–Crippen MR) is 79.6 cm³/mol. The van der Waals surface area contributed by atoms with E-state index < -0.39 is 0 Å². The molecule has 1 unspecified atom stereocenters. The second-order valence-corrected chi connectivity index (χ2v) is 5.87. The van der Waals surface area contributed by atoms with Crippen LogP contribution in [0.4, 0.5) is 11.5 Å². The summed E-state index contributed by atoms with van der Waals surface area (Å²) in [6.07, 6.45) is 1.81. The molecule has 0 saturated heterocycles. The van der Waals surface area contributed by atoms with Gasteiger partial charge >= 0.3 is 0 Å². The molecule has 4 heteroatoms. The van der Waals surface area contributed by atoms with Crippen LogP contribution < -0.4 is 10.6 Å². The molecule has 2 N–H and O–H groups in total. The van der Waals surface area contributed by atoms with Crippen LogP contribution in [0.5, 0.6) is 0 Å². The van der Waals surface area contributed by atoms with Crippen molar-refractivity contribution in [2.24, 2.45) is 0 Å². The lowest BCUT2D eigenvalue weighted by Gasteiger charge is -2.15. The van der Waals surface area contributed by atoms with Crippen LogP contribution in [0.1, 0.15) is 28.3 Å². The van der Waals surface area contributed by atoms with Crippen molar-refractivity contribution >= 4 is 22.8 Å². The highest BCUT2D eigenvalue weighted by Gasteiger charge is 2.11. The minimum atomic E-state index is 0.307. The molecule has 0 aliphatic rings. The maximum Gasteiger partial charge on any atom is 0.127 e. The summed E-state index contributed by atoms with van der Waals surface area (Å²) in [7, 11) is 1.88. The number of aryl methyl sites for hydroxylation is 2. The molecule has 3 nitrogen and oxygen atoms in total. The fraction of sp³-hybridized carbons (Fsp3) is 0.357. The molecule has 2 rings (SSSR count). The molecule has 2 aromatic heterocycles. The summed E-state index contributed by atoms with van der Waals surface area (Å²) in [5.74, 6) is 0.880. The molecule has 96 valence electrons. The van der Waals surface area contributed by atoms with E-state index in [0.29, 0.717) is 6.04 Å². The Bertz CT molecular complexity index is 534. The molecule has 18 heavy (non-hydrogen) atoms. The molecule has 0 aliphatic heterocycles. The van der Waals surface area contributed by atoms with Gasteiger partial charge in [-0.15, -0.1) is 11.3 Å². The van der Waals surface area contributed by atoms with Gasteiger partial charge in [0, 0.05) is 40.8 Å². The lowest BCUT2D eigenvalue weighted by molar-refractivity contribution is 0.881. The van der Waals surface area contributed by atoms with E-state index in [-0.39, 0.29) is 0 Å². The number of hydrogen-bond donors (Lipinski definition) is 2. The molecule has 0 amide bonds. The molecular formula is C14H19N3S. The number of aromatic nitrogens is 1. The molecular weight excluding hydrogens is 242 g/mol. The van der Waals surface area contributed by atoms with Gasteiger partial charge in [0.25, 0.3) is 0 Å². The Morgan fingerprint density at radius 2 is 2.06 bits per heavy atom. The quantitative estimate of drug-likeness (QED) is 0.874. The smallest absolute Gasteiger partial charge is 0.127 e. The van der Waals surface area contributed by atoms with Gasteiger partial charge in [0.1, 0.15) is 5.82 Å². The fourth-order valence-corrected chi connectivity index (χ4v) is 3.09. The zero-order valence-corrected chi connectivity index (χ0v) is 12.1. The van der Waals surface area contributed by atoms with E-state index in [9.17, 15) is 0 Å². The minimum Gasteiger partial charge on any atom is -0.378 e. The van der Waals surface area contributed by atoms with E-state index in [1.54, 1.807) is 0 Å². The van der Waals surface area contributed by atoms with Crippen molar-refractivity contribution < 1.29 is 0 Å². The Morgan fingerprint density at radius 3 is 2.67 bits per heavy atom. The van der Waals surface area contributed by atoms with Gasteiger partial charge in [-0.25, -0.2) is 4.98 Å². The molecule has 0 bridgehead atoms. The largest absolute Gasteiger partial charge is 0.378 e. The second-order valence-electron chi connectivity index (χ2n) is 4.41. The Kier molecular flexibility index (Phi) is 3.87. The molecule has 0 saturated carbocycles. The van der Waals surface area contributed by atoms with Crippen LogP contribution in [0, 0.1) is 13.8 Å². The van der Waals surface area contributed by atoms with Crippen molar-refractivity contribution in [2.75, 3.05) is 17.7 Å². The predicted octanol–water partition coefficient (Wildman–Crippen LogP) is 3.97. The Morgan fingerprint density at radius 1 is 1.28 bits per heavy atom. The van der Waals surface area contributed by atoms with Crippen LogP contribution in [-0.4, -0.2) is 12.0 Å². The third kappa shape index (κ3) is 2.82. The van der Waals surface area contributed by atoms with E-state index in [1.165, 1.54) is 15.3 Å². The van der Waals surface area contributed by atoms with Gasteiger partial charge in [0.15, 0.2) is 0 Å². The molecule has 0 radical (unpaired) electrons. The average molecular weight is 261 g/mol. The fourth-order valence-electron chi connectivity index (χ4n) is 2.07. The zero-order chi connectivity index (χ0) is 13.1. The third-order valence-electron chi connectivity index (χ3n) is 2.95. The standard InChI is InChI=1S/C14H19N3S/c1-9-7-13(11(3)18-9)10(2)17-12-5-6-16-14(8-12)15-4/h5-8,10H,1-4H3,(H2,15,16,17). The number of thiophene rings is 1. The maximum absolute atomic E-state index is 4.21. The molecule has 1 atom stereocenters. The van der Waals surface area contributed by atoms with Crippen LogP contribution >= 0.6 is 11.3 Å². The van der Waals surface area contributed by atoms with Crippen LogP contribution in [0.3, 0.4) is 0 Å². The van der Waals surface area contributed by atoms with Gasteiger partial charge in [-0.05, 0) is 38.5 Å². The first-order valence-corrected chi connectivity index (χ1v) is 6.89. The van der Waals surface area contributed by atoms with Gasteiger partial charge in [-0.3, -0.25) is 0 Å². The second kappa shape index (κ2) is 5.40. The van der Waals surface area contributed by atoms with E-state index in [1.807, 2.05) is 36.7 Å². The summed E-state index contributed by atoms with van der Waals surface area (Å²) in [5.41, 5.74) is 2.46. The van der Waals surface area contributed by atoms with Crippen molar-refractivity contribution in [3.8, 4) is 0 Å². The van der Waals surface area contributed by atoms with Crippen molar-refractivity contribution in [3.05, 3.63) is 39.7 Å². The monoisotopic (exact) mass is 261 g/mol. The van der Waals surface area contributed by atoms with Gasteiger partial charge in [0.05, 0.1) is 0 Å². The highest BCUT2D eigenvalue weighted by molar-refractivity contribution is 7.12. The van der Waals surface area contributed by atoms with Crippen LogP contribution in [-0.2, 0) is 0 Å². The van der Waals surface area contributed by atoms with Gasteiger partial charge in [-0.2, -0.15) is 0 Å². The van der Waals surface area contributed by atoms with Gasteiger partial charge < -0.3 is 10.6 Å². The number of pyridine rings is 1. The number of rotatable bonds is 4. The Hall–Kier alpha value is -1.55. The lowest BCUT2D eigenvalue weighted by Crippen LogP contribution is -2.07. The Labute approximate surface area is 112 Å². The first kappa shape index (κ1) is 12.9. The van der Waals surface area contributed by atoms with Crippen LogP contribution in [0.25, 0.3) is 0 Å². The minimum absolute atomic E-state index is 0.307. The Balaban J connectivity index is 2.15. The molecule has 2 aromatic rings. The van der Waals surface area contributed by atoms with Gasteiger partial charge in [-0.1, -0.05) is 0 Å². The highest BCUT2D eigenvalue weighted by atomic mass is 32.1. The van der Waals surface area contributed by atoms with E-state index in [4.69, 9.17) is 0 Å². The van der Waals surface area contributed by atoms with E-state index in [0.717, 1.165) is 11.5 Å². The molecule has 0 spiro atoms. The SMILES string of the molecule is CNc1cc(NC(C)c2cc(C)sc2C)ccn1. The third-order valence-corrected chi connectivity index (χ3v) is 3.93. The maximum atomic E-state index is 4.21. The van der Waals surface area contributed by atoms with Gasteiger partial charge in [0.2, 0.25) is 0 Å². The molecule has 0 aliphatic carbocycles. The number of hydrogen-bond acceptors (Lipinski definition) is 4. The van der Waals surface area contributed by atoms with Crippen molar-refractivity contribution in [2.45, 2.75) is 26.8 Å². The molecule has 0 fully saturated rings. The number of nitrogens with zero attached hydrogens (tertiary/aromatic N) is 1.